The zero-order valence-electron chi connectivity index (χ0n) is 34.7. The van der Waals surface area contributed by atoms with Crippen LogP contribution in [0.5, 0.6) is 0 Å². The Bertz CT molecular complexity index is 2630. The molecule has 3 unspecified atom stereocenters. The first-order valence-electron chi connectivity index (χ1n) is 22.5. The predicted molar refractivity (Wildman–Crippen MR) is 249 cm³/mol. The van der Waals surface area contributed by atoms with Crippen molar-refractivity contribution in [3.05, 3.63) is 186 Å². The molecule has 0 aromatic heterocycles. The molecule has 4 aliphatic carbocycles. The molecule has 59 heavy (non-hydrogen) atoms. The van der Waals surface area contributed by atoms with E-state index in [0.717, 1.165) is 17.8 Å². The number of hydrogen-bond acceptors (Lipinski definition) is 1. The standard InChI is InChI=1S/C58H55N/c1-58(2)56-33-28-45(42-24-22-41(23-25-42)40-12-5-3-6-13-40)37-55(56)53-32-31-50(38-57(53)58)59(48-29-26-44(27-30-48)54-35-39-20-21-47(54)34-39)49-17-11-16-46(36-49)52-19-10-9-18-51(52)43-14-7-4-8-15-43/h3,5-6,9-13,16-19,22-33,36-39,43,47,54H,4,7-8,14-15,20-21,34-35H2,1-2H3. The molecular weight excluding hydrogens is 711 g/mol. The minimum absolute atomic E-state index is 0.130. The minimum atomic E-state index is -0.130. The van der Waals surface area contributed by atoms with Gasteiger partial charge in [0.2, 0.25) is 0 Å². The molecule has 4 aliphatic rings. The highest BCUT2D eigenvalue weighted by Gasteiger charge is 2.40. The number of nitrogens with zero attached hydrogens (tertiary/aromatic N) is 1. The van der Waals surface area contributed by atoms with E-state index in [2.05, 4.69) is 183 Å². The highest BCUT2D eigenvalue weighted by molar-refractivity contribution is 5.88. The molecule has 0 saturated heterocycles. The van der Waals surface area contributed by atoms with Gasteiger partial charge in [0.1, 0.15) is 0 Å². The van der Waals surface area contributed by atoms with Gasteiger partial charge in [-0.1, -0.05) is 161 Å². The van der Waals surface area contributed by atoms with Gasteiger partial charge in [-0.3, -0.25) is 0 Å². The zero-order chi connectivity index (χ0) is 39.5. The molecule has 3 fully saturated rings. The SMILES string of the molecule is CC1(C)c2ccc(-c3ccc(-c4ccccc4)cc3)cc2-c2ccc(N(c3ccc(C4CC5CCC4C5)cc3)c3cccc(-c4ccccc4C4CCCCC4)c3)cc21. The Morgan fingerprint density at radius 3 is 1.88 bits per heavy atom. The number of hydrogen-bond donors (Lipinski definition) is 0. The van der Waals surface area contributed by atoms with Crippen molar-refractivity contribution in [2.24, 2.45) is 11.8 Å². The summed E-state index contributed by atoms with van der Waals surface area (Å²) in [6.45, 7) is 4.82. The Hall–Kier alpha value is -5.66. The average molecular weight is 766 g/mol. The molecule has 2 bridgehead atoms. The van der Waals surface area contributed by atoms with Gasteiger partial charge in [-0.05, 0) is 165 Å². The molecule has 0 spiro atoms. The molecule has 7 aromatic rings. The normalized spacial score (nSPS) is 20.3. The van der Waals surface area contributed by atoms with Gasteiger partial charge in [0.15, 0.2) is 0 Å². The van der Waals surface area contributed by atoms with Gasteiger partial charge < -0.3 is 4.90 Å². The molecule has 3 saturated carbocycles. The van der Waals surface area contributed by atoms with Gasteiger partial charge in [-0.2, -0.15) is 0 Å². The van der Waals surface area contributed by atoms with E-state index >= 15 is 0 Å². The smallest absolute Gasteiger partial charge is 0.0467 e. The van der Waals surface area contributed by atoms with E-state index in [4.69, 9.17) is 0 Å². The lowest BCUT2D eigenvalue weighted by Crippen LogP contribution is -2.16. The first-order valence-corrected chi connectivity index (χ1v) is 22.5. The Morgan fingerprint density at radius 1 is 0.441 bits per heavy atom. The molecule has 7 aromatic carbocycles. The summed E-state index contributed by atoms with van der Waals surface area (Å²) in [4.78, 5) is 2.52. The van der Waals surface area contributed by atoms with Crippen molar-refractivity contribution in [2.45, 2.75) is 88.9 Å². The van der Waals surface area contributed by atoms with Crippen LogP contribution in [0.15, 0.2) is 164 Å². The van der Waals surface area contributed by atoms with Crippen LogP contribution < -0.4 is 4.90 Å². The van der Waals surface area contributed by atoms with Crippen LogP contribution >= 0.6 is 0 Å². The van der Waals surface area contributed by atoms with Gasteiger partial charge in [0.25, 0.3) is 0 Å². The summed E-state index contributed by atoms with van der Waals surface area (Å²) in [7, 11) is 0. The maximum atomic E-state index is 2.52. The maximum absolute atomic E-state index is 2.52. The van der Waals surface area contributed by atoms with Gasteiger partial charge in [-0.15, -0.1) is 0 Å². The number of benzene rings is 7. The lowest BCUT2D eigenvalue weighted by molar-refractivity contribution is 0.420. The van der Waals surface area contributed by atoms with Crippen molar-refractivity contribution < 1.29 is 0 Å². The highest BCUT2D eigenvalue weighted by Crippen LogP contribution is 2.54. The number of fused-ring (bicyclic) bond motifs is 5. The summed E-state index contributed by atoms with van der Waals surface area (Å²) >= 11 is 0. The van der Waals surface area contributed by atoms with Gasteiger partial charge in [0.05, 0.1) is 0 Å². The second kappa shape index (κ2) is 14.9. The fourth-order valence-electron chi connectivity index (χ4n) is 11.9. The van der Waals surface area contributed by atoms with Crippen LogP contribution in [0.1, 0.15) is 106 Å². The molecule has 0 amide bonds. The topological polar surface area (TPSA) is 3.24 Å². The van der Waals surface area contributed by atoms with Gasteiger partial charge in [0, 0.05) is 22.5 Å². The van der Waals surface area contributed by atoms with Crippen LogP contribution in [0.2, 0.25) is 0 Å². The summed E-state index contributed by atoms with van der Waals surface area (Å²) in [6, 6.07) is 62.5. The molecule has 3 atom stereocenters. The van der Waals surface area contributed by atoms with Crippen LogP contribution in [0.25, 0.3) is 44.5 Å². The average Bonchev–Trinajstić information content (AvgIpc) is 4.00. The molecule has 0 heterocycles. The van der Waals surface area contributed by atoms with E-state index in [0.29, 0.717) is 5.92 Å². The largest absolute Gasteiger partial charge is 0.310 e. The molecular formula is C58H55N. The van der Waals surface area contributed by atoms with Crippen molar-refractivity contribution in [1.29, 1.82) is 0 Å². The Balaban J connectivity index is 0.981. The van der Waals surface area contributed by atoms with Crippen LogP contribution in [-0.4, -0.2) is 0 Å². The third-order valence-corrected chi connectivity index (χ3v) is 15.0. The Morgan fingerprint density at radius 2 is 1.12 bits per heavy atom. The van der Waals surface area contributed by atoms with E-state index in [1.807, 2.05) is 0 Å². The van der Waals surface area contributed by atoms with E-state index in [1.165, 1.54) is 142 Å². The molecule has 0 radical (unpaired) electrons. The Labute approximate surface area is 351 Å². The van der Waals surface area contributed by atoms with E-state index < -0.39 is 0 Å². The van der Waals surface area contributed by atoms with Crippen molar-refractivity contribution >= 4 is 17.1 Å². The molecule has 0 N–H and O–H groups in total. The van der Waals surface area contributed by atoms with Crippen molar-refractivity contribution in [3.63, 3.8) is 0 Å². The van der Waals surface area contributed by atoms with Crippen molar-refractivity contribution in [1.82, 2.24) is 0 Å². The van der Waals surface area contributed by atoms with Crippen LogP contribution in [0.3, 0.4) is 0 Å². The lowest BCUT2D eigenvalue weighted by Gasteiger charge is -2.29. The quantitative estimate of drug-likeness (QED) is 0.149. The zero-order valence-corrected chi connectivity index (χ0v) is 34.7. The Kier molecular flexibility index (Phi) is 9.18. The summed E-state index contributed by atoms with van der Waals surface area (Å²) in [5.74, 6) is 3.18. The fraction of sp³-hybridized carbons (Fsp3) is 0.276. The first-order chi connectivity index (χ1) is 29.0. The summed E-state index contributed by atoms with van der Waals surface area (Å²) in [6.07, 6.45) is 12.3. The van der Waals surface area contributed by atoms with Gasteiger partial charge >= 0.3 is 0 Å². The molecule has 0 aliphatic heterocycles. The first kappa shape index (κ1) is 36.4. The number of rotatable bonds is 8. The predicted octanol–water partition coefficient (Wildman–Crippen LogP) is 16.4. The van der Waals surface area contributed by atoms with Crippen molar-refractivity contribution in [3.8, 4) is 44.5 Å². The van der Waals surface area contributed by atoms with E-state index in [1.54, 1.807) is 0 Å². The molecule has 11 rings (SSSR count). The van der Waals surface area contributed by atoms with Crippen LogP contribution in [0.4, 0.5) is 17.1 Å². The highest BCUT2D eigenvalue weighted by atomic mass is 15.1. The van der Waals surface area contributed by atoms with Crippen LogP contribution in [0, 0.1) is 11.8 Å². The second-order valence-electron chi connectivity index (χ2n) is 18.7. The third kappa shape index (κ3) is 6.55. The summed E-state index contributed by atoms with van der Waals surface area (Å²) in [5.41, 5.74) is 19.8. The molecule has 292 valence electrons. The fourth-order valence-corrected chi connectivity index (χ4v) is 11.9. The lowest BCUT2D eigenvalue weighted by atomic mass is 9.81. The number of anilines is 3. The van der Waals surface area contributed by atoms with E-state index in [-0.39, 0.29) is 5.41 Å². The molecule has 1 nitrogen and oxygen atoms in total. The third-order valence-electron chi connectivity index (χ3n) is 15.0. The van der Waals surface area contributed by atoms with Gasteiger partial charge in [-0.25, -0.2) is 0 Å². The van der Waals surface area contributed by atoms with E-state index in [9.17, 15) is 0 Å². The second-order valence-corrected chi connectivity index (χ2v) is 18.7. The monoisotopic (exact) mass is 765 g/mol. The summed E-state index contributed by atoms with van der Waals surface area (Å²) in [5, 5.41) is 0. The van der Waals surface area contributed by atoms with Crippen molar-refractivity contribution in [2.75, 3.05) is 4.90 Å². The maximum Gasteiger partial charge on any atom is 0.0467 e. The molecule has 1 heteroatoms. The summed E-state index contributed by atoms with van der Waals surface area (Å²) < 4.78 is 0. The van der Waals surface area contributed by atoms with Crippen LogP contribution in [-0.2, 0) is 5.41 Å². The minimum Gasteiger partial charge on any atom is -0.310 e.